The molecule has 0 bridgehead atoms. The third-order valence-corrected chi connectivity index (χ3v) is 5.55. The second-order valence-electron chi connectivity index (χ2n) is 6.89. The van der Waals surface area contributed by atoms with Crippen molar-refractivity contribution in [2.75, 3.05) is 19.8 Å². The molecule has 0 aromatic rings. The number of hydrogen-bond acceptors (Lipinski definition) is 4. The number of nitrogens with zero attached hydrogens (tertiary/aromatic N) is 1. The van der Waals surface area contributed by atoms with E-state index in [0.29, 0.717) is 12.6 Å². The lowest BCUT2D eigenvalue weighted by Gasteiger charge is -2.46. The number of carbonyl (C=O) groups excluding carboxylic acids is 1. The van der Waals surface area contributed by atoms with Crippen molar-refractivity contribution in [1.29, 1.82) is 0 Å². The van der Waals surface area contributed by atoms with Gasteiger partial charge < -0.3 is 9.47 Å². The zero-order valence-corrected chi connectivity index (χ0v) is 13.3. The van der Waals surface area contributed by atoms with Crippen LogP contribution >= 0.6 is 0 Å². The summed E-state index contributed by atoms with van der Waals surface area (Å²) in [5.41, 5.74) is 0.114. The predicted octanol–water partition coefficient (Wildman–Crippen LogP) is 2.90. The third kappa shape index (κ3) is 3.26. The van der Waals surface area contributed by atoms with Crippen molar-refractivity contribution >= 4 is 5.97 Å². The van der Waals surface area contributed by atoms with Gasteiger partial charge in [0.25, 0.3) is 0 Å². The van der Waals surface area contributed by atoms with Crippen LogP contribution in [0.25, 0.3) is 0 Å². The average molecular weight is 295 g/mol. The molecule has 2 atom stereocenters. The van der Waals surface area contributed by atoms with Gasteiger partial charge in [-0.15, -0.1) is 0 Å². The smallest absolute Gasteiger partial charge is 0.323 e. The van der Waals surface area contributed by atoms with E-state index in [1.807, 2.05) is 6.92 Å². The molecule has 2 heterocycles. The highest BCUT2D eigenvalue weighted by Crippen LogP contribution is 2.41. The fourth-order valence-corrected chi connectivity index (χ4v) is 4.55. The van der Waals surface area contributed by atoms with Crippen LogP contribution in [0.2, 0.25) is 0 Å². The number of ether oxygens (including phenoxy) is 2. The molecular formula is C17H29NO3. The van der Waals surface area contributed by atoms with Crippen molar-refractivity contribution < 1.29 is 14.3 Å². The molecule has 3 fully saturated rings. The summed E-state index contributed by atoms with van der Waals surface area (Å²) in [5.74, 6) is -0.0146. The highest BCUT2D eigenvalue weighted by atomic mass is 16.5. The molecule has 1 aliphatic carbocycles. The Hall–Kier alpha value is -0.610. The molecule has 0 aromatic carbocycles. The largest absolute Gasteiger partial charge is 0.465 e. The van der Waals surface area contributed by atoms with Gasteiger partial charge in [0.15, 0.2) is 0 Å². The number of rotatable bonds is 3. The van der Waals surface area contributed by atoms with Crippen LogP contribution in [0.5, 0.6) is 0 Å². The van der Waals surface area contributed by atoms with Crippen LogP contribution in [0.1, 0.15) is 64.7 Å². The van der Waals surface area contributed by atoms with Crippen LogP contribution < -0.4 is 0 Å². The SMILES string of the molecule is CCOC(=O)C1CCCN1C1CCOC2(CCCCC2)C1. The first-order chi connectivity index (χ1) is 10.2. The maximum atomic E-state index is 12.2. The van der Waals surface area contributed by atoms with Gasteiger partial charge in [-0.05, 0) is 52.0 Å². The highest BCUT2D eigenvalue weighted by molar-refractivity contribution is 5.76. The minimum atomic E-state index is -0.0146. The van der Waals surface area contributed by atoms with Gasteiger partial charge in [-0.1, -0.05) is 19.3 Å². The molecule has 0 radical (unpaired) electrons. The first-order valence-electron chi connectivity index (χ1n) is 8.80. The minimum Gasteiger partial charge on any atom is -0.465 e. The van der Waals surface area contributed by atoms with Crippen molar-refractivity contribution in [2.24, 2.45) is 0 Å². The second kappa shape index (κ2) is 6.66. The van der Waals surface area contributed by atoms with Gasteiger partial charge in [-0.3, -0.25) is 9.69 Å². The molecule has 2 unspecified atom stereocenters. The maximum Gasteiger partial charge on any atom is 0.323 e. The normalized spacial score (nSPS) is 33.2. The standard InChI is InChI=1S/C17H29NO3/c1-2-20-16(19)15-7-6-11-18(15)14-8-12-21-17(13-14)9-4-3-5-10-17/h14-15H,2-13H2,1H3. The van der Waals surface area contributed by atoms with Gasteiger partial charge in [-0.25, -0.2) is 0 Å². The number of hydrogen-bond donors (Lipinski definition) is 0. The molecule has 120 valence electrons. The Morgan fingerprint density at radius 1 is 1.24 bits per heavy atom. The van der Waals surface area contributed by atoms with Gasteiger partial charge in [-0.2, -0.15) is 0 Å². The van der Waals surface area contributed by atoms with Crippen molar-refractivity contribution in [3.63, 3.8) is 0 Å². The van der Waals surface area contributed by atoms with Crippen molar-refractivity contribution in [3.8, 4) is 0 Å². The summed E-state index contributed by atoms with van der Waals surface area (Å²) >= 11 is 0. The molecule has 1 saturated carbocycles. The molecule has 2 aliphatic heterocycles. The fourth-order valence-electron chi connectivity index (χ4n) is 4.55. The molecular weight excluding hydrogens is 266 g/mol. The van der Waals surface area contributed by atoms with E-state index in [2.05, 4.69) is 4.90 Å². The average Bonchev–Trinajstić information content (AvgIpc) is 2.98. The number of carbonyl (C=O) groups is 1. The summed E-state index contributed by atoms with van der Waals surface area (Å²) in [5, 5.41) is 0. The van der Waals surface area contributed by atoms with E-state index in [1.54, 1.807) is 0 Å². The van der Waals surface area contributed by atoms with Crippen LogP contribution in [-0.4, -0.2) is 48.3 Å². The molecule has 0 aromatic heterocycles. The van der Waals surface area contributed by atoms with Crippen molar-refractivity contribution in [1.82, 2.24) is 4.90 Å². The van der Waals surface area contributed by atoms with E-state index < -0.39 is 0 Å². The van der Waals surface area contributed by atoms with Crippen LogP contribution in [0.4, 0.5) is 0 Å². The van der Waals surface area contributed by atoms with Gasteiger partial charge in [0, 0.05) is 12.6 Å². The van der Waals surface area contributed by atoms with Crippen molar-refractivity contribution in [3.05, 3.63) is 0 Å². The highest BCUT2D eigenvalue weighted by Gasteiger charge is 2.44. The molecule has 1 spiro atoms. The summed E-state index contributed by atoms with van der Waals surface area (Å²) in [6.45, 7) is 4.28. The fraction of sp³-hybridized carbons (Fsp3) is 0.941. The lowest BCUT2D eigenvalue weighted by Crippen LogP contribution is -2.52. The molecule has 0 amide bonds. The number of esters is 1. The van der Waals surface area contributed by atoms with E-state index in [4.69, 9.17) is 9.47 Å². The van der Waals surface area contributed by atoms with Crippen molar-refractivity contribution in [2.45, 2.75) is 82.4 Å². The van der Waals surface area contributed by atoms with Gasteiger partial charge in [0.1, 0.15) is 6.04 Å². The Morgan fingerprint density at radius 3 is 2.81 bits per heavy atom. The van der Waals surface area contributed by atoms with Gasteiger partial charge in [0.2, 0.25) is 0 Å². The third-order valence-electron chi connectivity index (χ3n) is 5.55. The summed E-state index contributed by atoms with van der Waals surface area (Å²) in [6, 6.07) is 0.502. The maximum absolute atomic E-state index is 12.2. The van der Waals surface area contributed by atoms with Gasteiger partial charge >= 0.3 is 5.97 Å². The van der Waals surface area contributed by atoms with E-state index in [9.17, 15) is 4.79 Å². The molecule has 0 N–H and O–H groups in total. The monoisotopic (exact) mass is 295 g/mol. The molecule has 3 aliphatic rings. The zero-order valence-electron chi connectivity index (χ0n) is 13.3. The van der Waals surface area contributed by atoms with E-state index in [0.717, 1.165) is 38.8 Å². The molecule has 4 heteroatoms. The van der Waals surface area contributed by atoms with Crippen LogP contribution in [-0.2, 0) is 14.3 Å². The lowest BCUT2D eigenvalue weighted by atomic mass is 9.78. The Balaban J connectivity index is 1.66. The zero-order chi connectivity index (χ0) is 14.7. The van der Waals surface area contributed by atoms with E-state index in [1.165, 1.54) is 32.1 Å². The molecule has 3 rings (SSSR count). The van der Waals surface area contributed by atoms with E-state index >= 15 is 0 Å². The van der Waals surface area contributed by atoms with Crippen LogP contribution in [0, 0.1) is 0 Å². The van der Waals surface area contributed by atoms with Crippen LogP contribution in [0.3, 0.4) is 0 Å². The number of likely N-dealkylation sites (tertiary alicyclic amines) is 1. The first kappa shape index (κ1) is 15.3. The summed E-state index contributed by atoms with van der Waals surface area (Å²) in [6.07, 6.45) is 10.6. The Labute approximate surface area is 128 Å². The predicted molar refractivity (Wildman–Crippen MR) is 81.2 cm³/mol. The topological polar surface area (TPSA) is 38.8 Å². The summed E-state index contributed by atoms with van der Waals surface area (Å²) in [7, 11) is 0. The lowest BCUT2D eigenvalue weighted by molar-refractivity contribution is -0.154. The Bertz CT molecular complexity index is 360. The van der Waals surface area contributed by atoms with Crippen LogP contribution in [0.15, 0.2) is 0 Å². The van der Waals surface area contributed by atoms with E-state index in [-0.39, 0.29) is 17.6 Å². The van der Waals surface area contributed by atoms with Gasteiger partial charge in [0.05, 0.1) is 12.2 Å². The minimum absolute atomic E-state index is 0.00584. The Morgan fingerprint density at radius 2 is 2.05 bits per heavy atom. The molecule has 21 heavy (non-hydrogen) atoms. The molecule has 2 saturated heterocycles. The summed E-state index contributed by atoms with van der Waals surface area (Å²) < 4.78 is 11.5. The Kier molecular flexibility index (Phi) is 4.85. The molecule has 4 nitrogen and oxygen atoms in total. The first-order valence-corrected chi connectivity index (χ1v) is 8.80. The quantitative estimate of drug-likeness (QED) is 0.751. The second-order valence-corrected chi connectivity index (χ2v) is 6.89. The summed E-state index contributed by atoms with van der Waals surface area (Å²) in [4.78, 5) is 14.6.